The van der Waals surface area contributed by atoms with Crippen LogP contribution in [0.1, 0.15) is 34.8 Å². The number of phenolic OH excluding ortho intramolecular Hbond substituents is 2. The number of ketones is 1. The van der Waals surface area contributed by atoms with Crippen molar-refractivity contribution < 1.29 is 49.3 Å². The Bertz CT molecular complexity index is 1660. The molecule has 40 heavy (non-hydrogen) atoms. The van der Waals surface area contributed by atoms with Crippen LogP contribution in [0.5, 0.6) is 28.7 Å². The zero-order valence-electron chi connectivity index (χ0n) is 20.9. The molecule has 1 spiro atoms. The van der Waals surface area contributed by atoms with Gasteiger partial charge >= 0.3 is 0 Å². The Labute approximate surface area is 227 Å². The van der Waals surface area contributed by atoms with E-state index in [1.165, 1.54) is 6.07 Å². The number of hydrogen-bond acceptors (Lipinski definition) is 10. The number of carbonyl (C=O) groups excluding carboxylic acids is 1. The second-order valence-corrected chi connectivity index (χ2v) is 11.0. The molecule has 2 bridgehead atoms. The molecule has 0 amide bonds. The molecule has 3 aromatic rings. The van der Waals surface area contributed by atoms with Gasteiger partial charge in [0, 0.05) is 24.0 Å². The standard InChI is InChI=1S/C30H24O10/c31-16-11-15(25-17(32)9-13-5-1-3-7-18(13)37-25)21-22-24(34)27(35)30(36)12-29(22,40-26(21)23(16)33)28-20(39-30)10-14-6-2-4-8-19(14)38-28/h1-8,11,17,20,25,28,31-34,36H,9-10,12H2/t17?,20-,25-,28+,29+,30+/m1/s1. The Hall–Kier alpha value is -4.25. The summed E-state index contributed by atoms with van der Waals surface area (Å²) in [7, 11) is 0. The molecule has 0 aromatic heterocycles. The summed E-state index contributed by atoms with van der Waals surface area (Å²) >= 11 is 0. The molecule has 0 saturated carbocycles. The lowest BCUT2D eigenvalue weighted by molar-refractivity contribution is -0.292. The summed E-state index contributed by atoms with van der Waals surface area (Å²) in [5.41, 5.74) is 0.191. The van der Waals surface area contributed by atoms with Gasteiger partial charge in [0.2, 0.25) is 11.5 Å². The van der Waals surface area contributed by atoms with Gasteiger partial charge in [-0.3, -0.25) is 4.79 Å². The maximum absolute atomic E-state index is 13.4. The van der Waals surface area contributed by atoms with Gasteiger partial charge in [-0.2, -0.15) is 0 Å². The smallest absolute Gasteiger partial charge is 0.256 e. The average Bonchev–Trinajstić information content (AvgIpc) is 3.28. The molecule has 8 rings (SSSR count). The first-order valence-electron chi connectivity index (χ1n) is 13.0. The quantitative estimate of drug-likeness (QED) is 0.289. The number of hydrogen-bond donors (Lipinski definition) is 5. The second kappa shape index (κ2) is 7.69. The number of ether oxygens (including phenoxy) is 4. The monoisotopic (exact) mass is 544 g/mol. The van der Waals surface area contributed by atoms with Crippen LogP contribution in [0.4, 0.5) is 0 Å². The average molecular weight is 545 g/mol. The summed E-state index contributed by atoms with van der Waals surface area (Å²) in [6.07, 6.45) is -3.83. The molecule has 5 aliphatic rings. The van der Waals surface area contributed by atoms with E-state index in [9.17, 15) is 30.3 Å². The molecule has 204 valence electrons. The molecule has 4 heterocycles. The Morgan fingerprint density at radius 2 is 1.57 bits per heavy atom. The molecule has 0 radical (unpaired) electrons. The van der Waals surface area contributed by atoms with Crippen molar-refractivity contribution >= 4 is 11.4 Å². The molecule has 1 saturated heterocycles. The lowest BCUT2D eigenvalue weighted by Gasteiger charge is -2.53. The summed E-state index contributed by atoms with van der Waals surface area (Å²) < 4.78 is 24.8. The molecule has 10 nitrogen and oxygen atoms in total. The fourth-order valence-electron chi connectivity index (χ4n) is 6.93. The first kappa shape index (κ1) is 23.6. The number of rotatable bonds is 1. The van der Waals surface area contributed by atoms with Crippen LogP contribution in [0.25, 0.3) is 5.57 Å². The van der Waals surface area contributed by atoms with Crippen molar-refractivity contribution in [3.63, 3.8) is 0 Å². The number of benzene rings is 3. The van der Waals surface area contributed by atoms with Crippen LogP contribution in [0.2, 0.25) is 0 Å². The normalized spacial score (nSPS) is 32.9. The molecule has 6 atom stereocenters. The van der Waals surface area contributed by atoms with Crippen LogP contribution in [0.3, 0.4) is 0 Å². The molecular weight excluding hydrogens is 520 g/mol. The van der Waals surface area contributed by atoms with Crippen molar-refractivity contribution in [2.75, 3.05) is 0 Å². The zero-order valence-corrected chi connectivity index (χ0v) is 20.9. The van der Waals surface area contributed by atoms with Gasteiger partial charge in [-0.25, -0.2) is 0 Å². The Morgan fingerprint density at radius 3 is 2.33 bits per heavy atom. The van der Waals surface area contributed by atoms with Gasteiger partial charge in [0.1, 0.15) is 17.6 Å². The van der Waals surface area contributed by atoms with E-state index >= 15 is 0 Å². The SMILES string of the molecule is O=C1C(O)=C2c3c([C@H]4Oc5ccccc5CC4O)cc(O)c(O)c3O[C@@]23C[C@]1(O)O[C@@H]1Cc2ccccc2O[C@@H]13. The van der Waals surface area contributed by atoms with Crippen molar-refractivity contribution in [2.45, 2.75) is 55.1 Å². The van der Waals surface area contributed by atoms with Crippen LogP contribution in [0, 0.1) is 0 Å². The lowest BCUT2D eigenvalue weighted by atomic mass is 9.68. The minimum absolute atomic E-state index is 0.0187. The maximum atomic E-state index is 13.4. The Kier molecular flexibility index (Phi) is 4.54. The van der Waals surface area contributed by atoms with Crippen molar-refractivity contribution in [1.29, 1.82) is 0 Å². The second-order valence-electron chi connectivity index (χ2n) is 11.0. The van der Waals surface area contributed by atoms with Gasteiger partial charge < -0.3 is 44.5 Å². The number of aliphatic hydroxyl groups excluding tert-OH is 2. The van der Waals surface area contributed by atoms with Gasteiger partial charge in [0.05, 0.1) is 18.1 Å². The summed E-state index contributed by atoms with van der Waals surface area (Å²) in [5.74, 6) is -4.58. The molecule has 3 aromatic carbocycles. The highest BCUT2D eigenvalue weighted by Gasteiger charge is 2.71. The number of aliphatic hydroxyl groups is 3. The molecule has 1 fully saturated rings. The van der Waals surface area contributed by atoms with Gasteiger partial charge in [0.25, 0.3) is 5.78 Å². The van der Waals surface area contributed by atoms with Gasteiger partial charge in [0.15, 0.2) is 35.1 Å². The van der Waals surface area contributed by atoms with E-state index in [4.69, 9.17) is 18.9 Å². The fourth-order valence-corrected chi connectivity index (χ4v) is 6.93. The third kappa shape index (κ3) is 2.90. The minimum Gasteiger partial charge on any atom is -0.504 e. The summed E-state index contributed by atoms with van der Waals surface area (Å²) in [5, 5.41) is 55.6. The van der Waals surface area contributed by atoms with Crippen LogP contribution in [-0.2, 0) is 22.4 Å². The van der Waals surface area contributed by atoms with Crippen LogP contribution < -0.4 is 14.2 Å². The first-order valence-corrected chi connectivity index (χ1v) is 13.0. The van der Waals surface area contributed by atoms with Crippen LogP contribution in [0.15, 0.2) is 60.4 Å². The van der Waals surface area contributed by atoms with Gasteiger partial charge in [-0.15, -0.1) is 0 Å². The van der Waals surface area contributed by atoms with E-state index in [-0.39, 0.29) is 35.3 Å². The molecule has 10 heteroatoms. The largest absolute Gasteiger partial charge is 0.504 e. The predicted octanol–water partition coefficient (Wildman–Crippen LogP) is 2.60. The maximum Gasteiger partial charge on any atom is 0.256 e. The van der Waals surface area contributed by atoms with Crippen molar-refractivity contribution in [3.05, 3.63) is 82.6 Å². The lowest BCUT2D eigenvalue weighted by Crippen LogP contribution is -2.71. The molecule has 5 N–H and O–H groups in total. The summed E-state index contributed by atoms with van der Waals surface area (Å²) in [6, 6.07) is 15.7. The van der Waals surface area contributed by atoms with E-state index in [1.54, 1.807) is 24.3 Å². The minimum atomic E-state index is -2.41. The first-order chi connectivity index (χ1) is 19.2. The van der Waals surface area contributed by atoms with Gasteiger partial charge in [-0.1, -0.05) is 36.4 Å². The number of Topliss-reactive ketones (excluding diaryl/α,β-unsaturated/α-hetero) is 1. The number of aromatic hydroxyl groups is 2. The molecular formula is C30H24O10. The van der Waals surface area contributed by atoms with E-state index in [2.05, 4.69) is 0 Å². The highest BCUT2D eigenvalue weighted by atomic mass is 16.7. The number of para-hydroxylation sites is 2. The third-order valence-electron chi connectivity index (χ3n) is 8.63. The number of fused-ring (bicyclic) bond motifs is 6. The fraction of sp³-hybridized carbons (Fsp3) is 0.300. The molecule has 4 aliphatic heterocycles. The van der Waals surface area contributed by atoms with E-state index in [1.807, 2.05) is 24.3 Å². The van der Waals surface area contributed by atoms with E-state index in [0.29, 0.717) is 11.5 Å². The van der Waals surface area contributed by atoms with E-state index < -0.39 is 65.3 Å². The summed E-state index contributed by atoms with van der Waals surface area (Å²) in [4.78, 5) is 13.4. The van der Waals surface area contributed by atoms with Crippen molar-refractivity contribution in [3.8, 4) is 28.7 Å². The Balaban J connectivity index is 1.35. The van der Waals surface area contributed by atoms with Gasteiger partial charge in [-0.05, 0) is 29.3 Å². The van der Waals surface area contributed by atoms with Crippen molar-refractivity contribution in [2.24, 2.45) is 0 Å². The van der Waals surface area contributed by atoms with Crippen LogP contribution >= 0.6 is 0 Å². The molecule has 1 unspecified atom stereocenters. The third-order valence-corrected chi connectivity index (χ3v) is 8.63. The number of phenols is 2. The molecule has 1 aliphatic carbocycles. The Morgan fingerprint density at radius 1 is 0.900 bits per heavy atom. The zero-order chi connectivity index (χ0) is 27.6. The predicted molar refractivity (Wildman–Crippen MR) is 136 cm³/mol. The highest BCUT2D eigenvalue weighted by molar-refractivity contribution is 6.10. The topological polar surface area (TPSA) is 155 Å². The van der Waals surface area contributed by atoms with Crippen LogP contribution in [-0.4, -0.2) is 61.0 Å². The summed E-state index contributed by atoms with van der Waals surface area (Å²) in [6.45, 7) is 0. The van der Waals surface area contributed by atoms with E-state index in [0.717, 1.165) is 11.1 Å². The highest BCUT2D eigenvalue weighted by Crippen LogP contribution is 2.63. The number of carbonyl (C=O) groups is 1. The van der Waals surface area contributed by atoms with Crippen molar-refractivity contribution in [1.82, 2.24) is 0 Å².